The number of hydrogen-bond donors (Lipinski definition) is 2. The van der Waals surface area contributed by atoms with Crippen LogP contribution in [0.25, 0.3) is 11.1 Å². The summed E-state index contributed by atoms with van der Waals surface area (Å²) in [6, 6.07) is 1.98. The molecule has 3 N–H and O–H groups in total. The summed E-state index contributed by atoms with van der Waals surface area (Å²) < 4.78 is 5.49. The average molecular weight is 381 g/mol. The van der Waals surface area contributed by atoms with Gasteiger partial charge in [-0.25, -0.2) is 4.98 Å². The van der Waals surface area contributed by atoms with E-state index < -0.39 is 0 Å². The second-order valence-corrected chi connectivity index (χ2v) is 8.44. The normalized spacial score (nSPS) is 15.6. The van der Waals surface area contributed by atoms with Gasteiger partial charge in [-0.1, -0.05) is 25.9 Å². The lowest BCUT2D eigenvalue weighted by Gasteiger charge is -2.16. The maximum atomic E-state index is 12.8. The molecule has 144 valence electrons. The number of halogens is 1. The van der Waals surface area contributed by atoms with E-state index in [4.69, 9.17) is 10.3 Å². The summed E-state index contributed by atoms with van der Waals surface area (Å²) in [7, 11) is 0. The fourth-order valence-electron chi connectivity index (χ4n) is 2.93. The molecular weight excluding hydrogens is 352 g/mol. The second-order valence-electron chi connectivity index (χ2n) is 8.44. The maximum Gasteiger partial charge on any atom is 0.259 e. The summed E-state index contributed by atoms with van der Waals surface area (Å²) in [6.07, 6.45) is 3.71. The molecule has 1 saturated carbocycles. The third-order valence-electron chi connectivity index (χ3n) is 4.36. The van der Waals surface area contributed by atoms with Gasteiger partial charge in [0.05, 0.1) is 16.6 Å². The minimum atomic E-state index is -0.103. The van der Waals surface area contributed by atoms with Crippen LogP contribution < -0.4 is 11.1 Å². The van der Waals surface area contributed by atoms with Gasteiger partial charge in [-0.05, 0) is 44.1 Å². The van der Waals surface area contributed by atoms with Crippen LogP contribution in [0, 0.1) is 5.41 Å². The van der Waals surface area contributed by atoms with E-state index in [1.54, 1.807) is 0 Å². The van der Waals surface area contributed by atoms with Crippen LogP contribution in [0.1, 0.15) is 74.6 Å². The largest absolute Gasteiger partial charge is 0.352 e. The summed E-state index contributed by atoms with van der Waals surface area (Å²) in [5, 5.41) is 7.94. The molecule has 2 aromatic heterocycles. The molecule has 0 aromatic carbocycles. The molecule has 0 radical (unpaired) electrons. The number of fused-ring (bicyclic) bond motifs is 1. The van der Waals surface area contributed by atoms with Crippen molar-refractivity contribution in [1.29, 1.82) is 0 Å². The van der Waals surface area contributed by atoms with Gasteiger partial charge in [0.1, 0.15) is 0 Å². The first-order valence-corrected chi connectivity index (χ1v) is 9.07. The summed E-state index contributed by atoms with van der Waals surface area (Å²) in [5.74, 6) is 0.337. The van der Waals surface area contributed by atoms with Gasteiger partial charge < -0.3 is 15.6 Å². The number of nitrogens with two attached hydrogens (primary N) is 1. The highest BCUT2D eigenvalue weighted by Gasteiger charge is 2.29. The molecule has 1 unspecified atom stereocenters. The van der Waals surface area contributed by atoms with Gasteiger partial charge in [0.15, 0.2) is 0 Å². The van der Waals surface area contributed by atoms with Gasteiger partial charge in [0.2, 0.25) is 0 Å². The Balaban J connectivity index is 0.00000243. The first-order chi connectivity index (χ1) is 11.7. The van der Waals surface area contributed by atoms with Crippen LogP contribution in [-0.2, 0) is 6.42 Å². The predicted octanol–water partition coefficient (Wildman–Crippen LogP) is 3.58. The van der Waals surface area contributed by atoms with Crippen LogP contribution in [0.15, 0.2) is 10.6 Å². The van der Waals surface area contributed by atoms with Gasteiger partial charge in [0.25, 0.3) is 11.6 Å². The number of aromatic nitrogens is 2. The smallest absolute Gasteiger partial charge is 0.259 e. The third-order valence-corrected chi connectivity index (χ3v) is 4.36. The average Bonchev–Trinajstić information content (AvgIpc) is 3.28. The molecule has 26 heavy (non-hydrogen) atoms. The Morgan fingerprint density at radius 3 is 2.69 bits per heavy atom. The molecule has 3 rings (SSSR count). The van der Waals surface area contributed by atoms with Gasteiger partial charge in [0, 0.05) is 24.2 Å². The van der Waals surface area contributed by atoms with Gasteiger partial charge in [-0.15, -0.1) is 12.4 Å². The van der Waals surface area contributed by atoms with Gasteiger partial charge in [-0.2, -0.15) is 0 Å². The van der Waals surface area contributed by atoms with Crippen LogP contribution in [0.5, 0.6) is 0 Å². The van der Waals surface area contributed by atoms with Crippen molar-refractivity contribution in [2.45, 2.75) is 65.3 Å². The Morgan fingerprint density at radius 2 is 2.12 bits per heavy atom. The minimum absolute atomic E-state index is 0. The summed E-state index contributed by atoms with van der Waals surface area (Å²) in [6.45, 7) is 8.91. The van der Waals surface area contributed by atoms with Crippen LogP contribution in [-0.4, -0.2) is 28.6 Å². The zero-order valence-corrected chi connectivity index (χ0v) is 16.8. The highest BCUT2D eigenvalue weighted by Crippen LogP contribution is 2.40. The van der Waals surface area contributed by atoms with E-state index in [-0.39, 0.29) is 29.8 Å². The number of carbonyl (C=O) groups is 1. The summed E-state index contributed by atoms with van der Waals surface area (Å²) in [5.41, 5.74) is 8.64. The van der Waals surface area contributed by atoms with E-state index in [0.29, 0.717) is 23.7 Å². The number of nitrogens with one attached hydrogen (secondary N) is 1. The molecule has 1 aliphatic carbocycles. The van der Waals surface area contributed by atoms with E-state index in [2.05, 4.69) is 36.2 Å². The van der Waals surface area contributed by atoms with Crippen molar-refractivity contribution in [2.75, 3.05) is 6.54 Å². The van der Waals surface area contributed by atoms with Crippen LogP contribution in [0.4, 0.5) is 0 Å². The highest BCUT2D eigenvalue weighted by molar-refractivity contribution is 6.06. The molecule has 1 aliphatic rings. The minimum Gasteiger partial charge on any atom is -0.352 e. The monoisotopic (exact) mass is 380 g/mol. The fraction of sp³-hybridized carbons (Fsp3) is 0.632. The molecule has 1 atom stereocenters. The molecular formula is C19H29ClN4O2. The summed E-state index contributed by atoms with van der Waals surface area (Å²) >= 11 is 0. The Bertz CT molecular complexity index is 776. The quantitative estimate of drug-likeness (QED) is 0.798. The molecule has 7 heteroatoms. The lowest BCUT2D eigenvalue weighted by atomic mass is 9.89. The van der Waals surface area contributed by atoms with Crippen LogP contribution in [0.2, 0.25) is 0 Å². The van der Waals surface area contributed by atoms with Crippen molar-refractivity contribution >= 4 is 29.4 Å². The molecule has 0 bridgehead atoms. The lowest BCUT2D eigenvalue weighted by molar-refractivity contribution is 0.0954. The van der Waals surface area contributed by atoms with E-state index in [1.165, 1.54) is 0 Å². The fourth-order valence-corrected chi connectivity index (χ4v) is 2.93. The molecule has 6 nitrogen and oxygen atoms in total. The van der Waals surface area contributed by atoms with Crippen molar-refractivity contribution in [1.82, 2.24) is 15.5 Å². The van der Waals surface area contributed by atoms with Crippen molar-refractivity contribution < 1.29 is 9.32 Å². The lowest BCUT2D eigenvalue weighted by Crippen LogP contribution is -2.29. The van der Waals surface area contributed by atoms with E-state index in [9.17, 15) is 4.79 Å². The molecule has 0 spiro atoms. The predicted molar refractivity (Wildman–Crippen MR) is 105 cm³/mol. The second kappa shape index (κ2) is 7.92. The molecule has 1 amide bonds. The number of rotatable bonds is 6. The Morgan fingerprint density at radius 1 is 1.42 bits per heavy atom. The van der Waals surface area contributed by atoms with E-state index in [1.807, 2.05) is 13.0 Å². The van der Waals surface area contributed by atoms with Crippen molar-refractivity contribution in [3.05, 3.63) is 23.0 Å². The Hall–Kier alpha value is -1.66. The molecule has 2 aromatic rings. The van der Waals surface area contributed by atoms with Crippen molar-refractivity contribution in [3.63, 3.8) is 0 Å². The van der Waals surface area contributed by atoms with Crippen LogP contribution in [0.3, 0.4) is 0 Å². The maximum absolute atomic E-state index is 12.8. The topological polar surface area (TPSA) is 94.0 Å². The number of nitrogens with zero attached hydrogens (tertiary/aromatic N) is 2. The first kappa shape index (κ1) is 20.6. The molecule has 2 heterocycles. The molecule has 0 saturated heterocycles. The first-order valence-electron chi connectivity index (χ1n) is 9.07. The summed E-state index contributed by atoms with van der Waals surface area (Å²) in [4.78, 5) is 17.4. The van der Waals surface area contributed by atoms with Crippen molar-refractivity contribution in [2.24, 2.45) is 11.1 Å². The third kappa shape index (κ3) is 4.95. The standard InChI is InChI=1S/C19H28N4O2.ClH/c1-11(20)7-8-21-17(24)13-9-14(12-5-6-12)22-18-16(13)15(23-25-18)10-19(2,3)4;/h9,11-12H,5-8,10,20H2,1-4H3,(H,21,24);1H. The number of amides is 1. The van der Waals surface area contributed by atoms with Gasteiger partial charge >= 0.3 is 0 Å². The van der Waals surface area contributed by atoms with Gasteiger partial charge in [-0.3, -0.25) is 4.79 Å². The Kier molecular flexibility index (Phi) is 6.29. The molecule has 0 aliphatic heterocycles. The zero-order valence-electron chi connectivity index (χ0n) is 16.0. The SMILES string of the molecule is CC(N)CCNC(=O)c1cc(C2CC2)nc2onc(CC(C)(C)C)c12.Cl. The highest BCUT2D eigenvalue weighted by atomic mass is 35.5. The molecule has 1 fully saturated rings. The van der Waals surface area contributed by atoms with Crippen LogP contribution >= 0.6 is 12.4 Å². The van der Waals surface area contributed by atoms with E-state index in [0.717, 1.165) is 42.5 Å². The number of carbonyl (C=O) groups excluding carboxylic acids is 1. The Labute approximate surface area is 160 Å². The number of hydrogen-bond acceptors (Lipinski definition) is 5. The van der Waals surface area contributed by atoms with Crippen molar-refractivity contribution in [3.8, 4) is 0 Å². The zero-order chi connectivity index (χ0) is 18.2. The van der Waals surface area contributed by atoms with E-state index >= 15 is 0 Å². The number of pyridine rings is 1.